The van der Waals surface area contributed by atoms with Crippen LogP contribution in [-0.2, 0) is 4.74 Å². The molecule has 1 heterocycles. The molecule has 1 saturated carbocycles. The molecular weight excluding hydrogens is 288 g/mol. The molecule has 118 valence electrons. The molecule has 6 nitrogen and oxygen atoms in total. The van der Waals surface area contributed by atoms with Crippen LogP contribution in [0.3, 0.4) is 0 Å². The first-order valence-electron chi connectivity index (χ1n) is 7.19. The lowest BCUT2D eigenvalue weighted by atomic mass is 10.1. The van der Waals surface area contributed by atoms with Crippen molar-refractivity contribution in [2.24, 2.45) is 5.92 Å². The second-order valence-corrected chi connectivity index (χ2v) is 6.65. The zero-order valence-electron chi connectivity index (χ0n) is 13.1. The Morgan fingerprint density at radius 2 is 2.19 bits per heavy atom. The third kappa shape index (κ3) is 3.65. The number of hydrogen-bond donors (Lipinski definition) is 1. The Balaban J connectivity index is 2.20. The summed E-state index contributed by atoms with van der Waals surface area (Å²) < 4.78 is 5.14. The van der Waals surface area contributed by atoms with Gasteiger partial charge in [0.15, 0.2) is 5.13 Å². The number of thiazole rings is 1. The van der Waals surface area contributed by atoms with Crippen LogP contribution in [0.2, 0.25) is 0 Å². The first kappa shape index (κ1) is 16.0. The highest BCUT2D eigenvalue weighted by Gasteiger charge is 2.35. The van der Waals surface area contributed by atoms with Crippen molar-refractivity contribution in [2.75, 3.05) is 45.0 Å². The summed E-state index contributed by atoms with van der Waals surface area (Å²) in [6.07, 6.45) is 2.39. The lowest BCUT2D eigenvalue weighted by Gasteiger charge is -2.28. The van der Waals surface area contributed by atoms with Crippen LogP contribution >= 0.6 is 11.3 Å². The number of ether oxygens (including phenoxy) is 1. The summed E-state index contributed by atoms with van der Waals surface area (Å²) in [4.78, 5) is 21.4. The molecule has 2 N–H and O–H groups in total. The van der Waals surface area contributed by atoms with Crippen LogP contribution in [0.25, 0.3) is 0 Å². The lowest BCUT2D eigenvalue weighted by Crippen LogP contribution is -2.41. The van der Waals surface area contributed by atoms with E-state index in [0.29, 0.717) is 29.8 Å². The van der Waals surface area contributed by atoms with Crippen LogP contribution in [0.4, 0.5) is 10.9 Å². The third-order valence-electron chi connectivity index (χ3n) is 3.81. The molecule has 0 bridgehead atoms. The Labute approximate surface area is 129 Å². The number of rotatable bonds is 7. The standard InChI is InChI=1S/C14H24N4O2S/c1-9(10-5-6-10)18(7-8-20-4)13(19)11-12(15)16-14(21-11)17(2)3/h9-10H,5-8,15H2,1-4H3. The van der Waals surface area contributed by atoms with Gasteiger partial charge in [-0.05, 0) is 25.7 Å². The Kier molecular flexibility index (Phi) is 5.05. The van der Waals surface area contributed by atoms with Gasteiger partial charge in [-0.1, -0.05) is 11.3 Å². The van der Waals surface area contributed by atoms with Gasteiger partial charge in [0.05, 0.1) is 6.61 Å². The third-order valence-corrected chi connectivity index (χ3v) is 5.04. The monoisotopic (exact) mass is 312 g/mol. The van der Waals surface area contributed by atoms with Crippen LogP contribution in [0, 0.1) is 5.92 Å². The molecule has 1 unspecified atom stereocenters. The van der Waals surface area contributed by atoms with E-state index in [-0.39, 0.29) is 11.9 Å². The van der Waals surface area contributed by atoms with E-state index >= 15 is 0 Å². The average Bonchev–Trinajstić information content (AvgIpc) is 3.21. The van der Waals surface area contributed by atoms with Crippen molar-refractivity contribution < 1.29 is 9.53 Å². The van der Waals surface area contributed by atoms with Gasteiger partial charge in [-0.25, -0.2) is 4.98 Å². The summed E-state index contributed by atoms with van der Waals surface area (Å²) in [5.41, 5.74) is 5.93. The zero-order valence-corrected chi connectivity index (χ0v) is 13.9. The largest absolute Gasteiger partial charge is 0.383 e. The molecule has 1 aromatic rings. The average molecular weight is 312 g/mol. The molecule has 1 aliphatic rings. The van der Waals surface area contributed by atoms with E-state index < -0.39 is 0 Å². The Morgan fingerprint density at radius 3 is 2.67 bits per heavy atom. The molecule has 0 radical (unpaired) electrons. The van der Waals surface area contributed by atoms with E-state index in [1.54, 1.807) is 7.11 Å². The fourth-order valence-corrected chi connectivity index (χ4v) is 3.17. The molecule has 0 aliphatic heterocycles. The Hall–Kier alpha value is -1.34. The number of nitrogens with zero attached hydrogens (tertiary/aromatic N) is 3. The van der Waals surface area contributed by atoms with Crippen molar-refractivity contribution in [1.82, 2.24) is 9.88 Å². The normalized spacial score (nSPS) is 15.8. The van der Waals surface area contributed by atoms with Gasteiger partial charge in [0.2, 0.25) is 0 Å². The molecule has 1 atom stereocenters. The summed E-state index contributed by atoms with van der Waals surface area (Å²) in [5.74, 6) is 0.891. The second kappa shape index (κ2) is 6.62. The van der Waals surface area contributed by atoms with Gasteiger partial charge in [-0.2, -0.15) is 0 Å². The molecule has 1 aromatic heterocycles. The number of carbonyl (C=O) groups is 1. The Morgan fingerprint density at radius 1 is 1.52 bits per heavy atom. The van der Waals surface area contributed by atoms with Gasteiger partial charge in [-0.15, -0.1) is 0 Å². The van der Waals surface area contributed by atoms with Gasteiger partial charge in [-0.3, -0.25) is 4.79 Å². The molecule has 1 fully saturated rings. The quantitative estimate of drug-likeness (QED) is 0.829. The van der Waals surface area contributed by atoms with Crippen molar-refractivity contribution >= 4 is 28.2 Å². The number of hydrogen-bond acceptors (Lipinski definition) is 6. The van der Waals surface area contributed by atoms with Crippen LogP contribution in [0.15, 0.2) is 0 Å². The van der Waals surface area contributed by atoms with Crippen molar-refractivity contribution in [2.45, 2.75) is 25.8 Å². The van der Waals surface area contributed by atoms with Crippen LogP contribution in [0.1, 0.15) is 29.4 Å². The highest BCUT2D eigenvalue weighted by molar-refractivity contribution is 7.18. The maximum absolute atomic E-state index is 12.8. The highest BCUT2D eigenvalue weighted by Crippen LogP contribution is 2.36. The van der Waals surface area contributed by atoms with Gasteiger partial charge in [0, 0.05) is 33.8 Å². The number of carbonyl (C=O) groups excluding carboxylic acids is 1. The van der Waals surface area contributed by atoms with Gasteiger partial charge in [0.1, 0.15) is 10.7 Å². The number of aromatic nitrogens is 1. The van der Waals surface area contributed by atoms with E-state index in [0.717, 1.165) is 5.13 Å². The van der Waals surface area contributed by atoms with E-state index in [1.165, 1.54) is 24.2 Å². The molecule has 0 aromatic carbocycles. The summed E-state index contributed by atoms with van der Waals surface area (Å²) in [6, 6.07) is 0.219. The number of anilines is 2. The summed E-state index contributed by atoms with van der Waals surface area (Å²) in [5, 5.41) is 0.751. The molecule has 1 aliphatic carbocycles. The zero-order chi connectivity index (χ0) is 15.6. The number of amides is 1. The number of nitrogen functional groups attached to an aromatic ring is 1. The fourth-order valence-electron chi connectivity index (χ4n) is 2.31. The highest BCUT2D eigenvalue weighted by atomic mass is 32.1. The minimum atomic E-state index is -0.0328. The number of nitrogens with two attached hydrogens (primary N) is 1. The molecular formula is C14H24N4O2S. The molecule has 0 spiro atoms. The maximum atomic E-state index is 12.8. The van der Waals surface area contributed by atoms with E-state index in [4.69, 9.17) is 10.5 Å². The molecule has 0 saturated heterocycles. The van der Waals surface area contributed by atoms with Crippen molar-refractivity contribution in [3.05, 3.63) is 4.88 Å². The Bertz CT molecular complexity index is 499. The molecule has 2 rings (SSSR count). The van der Waals surface area contributed by atoms with Crippen LogP contribution in [-0.4, -0.2) is 56.2 Å². The van der Waals surface area contributed by atoms with Gasteiger partial charge >= 0.3 is 0 Å². The topological polar surface area (TPSA) is 71.7 Å². The smallest absolute Gasteiger partial charge is 0.268 e. The van der Waals surface area contributed by atoms with Gasteiger partial charge < -0.3 is 20.3 Å². The van der Waals surface area contributed by atoms with E-state index in [2.05, 4.69) is 11.9 Å². The molecule has 7 heteroatoms. The predicted octanol–water partition coefficient (Wildman–Crippen LogP) is 1.68. The van der Waals surface area contributed by atoms with Gasteiger partial charge in [0.25, 0.3) is 5.91 Å². The fraction of sp³-hybridized carbons (Fsp3) is 0.714. The maximum Gasteiger partial charge on any atom is 0.268 e. The van der Waals surface area contributed by atoms with Crippen molar-refractivity contribution in [1.29, 1.82) is 0 Å². The van der Waals surface area contributed by atoms with Crippen LogP contribution in [0.5, 0.6) is 0 Å². The SMILES string of the molecule is COCCN(C(=O)c1sc(N(C)C)nc1N)C(C)C1CC1. The summed E-state index contributed by atoms with van der Waals surface area (Å²) in [6.45, 7) is 3.22. The second-order valence-electron chi connectivity index (χ2n) is 5.67. The minimum Gasteiger partial charge on any atom is -0.383 e. The van der Waals surface area contributed by atoms with Crippen molar-refractivity contribution in [3.8, 4) is 0 Å². The minimum absolute atomic E-state index is 0.0328. The number of methoxy groups -OCH3 is 1. The first-order valence-corrected chi connectivity index (χ1v) is 8.00. The summed E-state index contributed by atoms with van der Waals surface area (Å²) >= 11 is 1.34. The summed E-state index contributed by atoms with van der Waals surface area (Å²) in [7, 11) is 5.43. The molecule has 1 amide bonds. The lowest BCUT2D eigenvalue weighted by molar-refractivity contribution is 0.0600. The predicted molar refractivity (Wildman–Crippen MR) is 86.0 cm³/mol. The van der Waals surface area contributed by atoms with Crippen LogP contribution < -0.4 is 10.6 Å². The van der Waals surface area contributed by atoms with E-state index in [1.807, 2.05) is 23.9 Å². The van der Waals surface area contributed by atoms with E-state index in [9.17, 15) is 4.79 Å². The van der Waals surface area contributed by atoms with Crippen molar-refractivity contribution in [3.63, 3.8) is 0 Å². The first-order chi connectivity index (χ1) is 9.95. The molecule has 21 heavy (non-hydrogen) atoms.